The lowest BCUT2D eigenvalue weighted by Gasteiger charge is -2.10. The summed E-state index contributed by atoms with van der Waals surface area (Å²) in [5, 5.41) is 0. The maximum atomic E-state index is 12.5. The summed E-state index contributed by atoms with van der Waals surface area (Å²) in [4.78, 5) is 28.2. The van der Waals surface area contributed by atoms with E-state index in [9.17, 15) is 9.59 Å². The monoisotopic (exact) mass is 279 g/mol. The van der Waals surface area contributed by atoms with E-state index in [1.807, 2.05) is 25.1 Å². The summed E-state index contributed by atoms with van der Waals surface area (Å²) >= 11 is 0. The molecule has 0 N–H and O–H groups in total. The van der Waals surface area contributed by atoms with Gasteiger partial charge in [0.25, 0.3) is 0 Å². The van der Waals surface area contributed by atoms with Crippen molar-refractivity contribution >= 4 is 11.6 Å². The normalized spacial score (nSPS) is 16.9. The second kappa shape index (κ2) is 5.24. The van der Waals surface area contributed by atoms with Crippen molar-refractivity contribution in [3.05, 3.63) is 64.5 Å². The minimum absolute atomic E-state index is 0.00287. The van der Waals surface area contributed by atoms with Crippen molar-refractivity contribution in [3.63, 3.8) is 0 Å². The number of carbonyl (C=O) groups is 2. The average Bonchev–Trinajstić information content (AvgIpc) is 2.75. The van der Waals surface area contributed by atoms with E-state index in [1.165, 1.54) is 12.5 Å². The number of Topliss-reactive ketones (excluding diaryl/α,β-unsaturated/α-hetero) is 2. The molecule has 0 bridgehead atoms. The van der Waals surface area contributed by atoms with Gasteiger partial charge in [-0.2, -0.15) is 0 Å². The van der Waals surface area contributed by atoms with Gasteiger partial charge in [0.05, 0.1) is 0 Å². The van der Waals surface area contributed by atoms with E-state index >= 15 is 0 Å². The first kappa shape index (κ1) is 13.7. The van der Waals surface area contributed by atoms with Gasteiger partial charge in [-0.15, -0.1) is 0 Å². The quantitative estimate of drug-likeness (QED) is 0.811. The topological polar surface area (TPSA) is 47.0 Å². The Labute approximate surface area is 124 Å². The fraction of sp³-hybridized carbons (Fsp3) is 0.278. The molecule has 1 atom stereocenters. The molecule has 1 unspecified atom stereocenters. The molecule has 1 aliphatic rings. The van der Waals surface area contributed by atoms with Crippen LogP contribution in [-0.4, -0.2) is 16.6 Å². The van der Waals surface area contributed by atoms with Gasteiger partial charge in [-0.3, -0.25) is 14.6 Å². The number of nitrogens with zero attached hydrogens (tertiary/aromatic N) is 1. The summed E-state index contributed by atoms with van der Waals surface area (Å²) in [7, 11) is 0. The van der Waals surface area contributed by atoms with Gasteiger partial charge in [-0.1, -0.05) is 23.8 Å². The minimum atomic E-state index is -0.0673. The van der Waals surface area contributed by atoms with E-state index in [1.54, 1.807) is 12.4 Å². The van der Waals surface area contributed by atoms with Crippen LogP contribution in [-0.2, 0) is 12.8 Å². The molecule has 0 amide bonds. The summed E-state index contributed by atoms with van der Waals surface area (Å²) in [6, 6.07) is 7.84. The Morgan fingerprint density at radius 2 is 2.14 bits per heavy atom. The summed E-state index contributed by atoms with van der Waals surface area (Å²) in [5.74, 6) is 0.121. The zero-order chi connectivity index (χ0) is 15.0. The van der Waals surface area contributed by atoms with Gasteiger partial charge in [0, 0.05) is 29.4 Å². The number of hydrogen-bond acceptors (Lipinski definition) is 3. The molecule has 3 rings (SSSR count). The van der Waals surface area contributed by atoms with Gasteiger partial charge in [-0.05, 0) is 43.9 Å². The molecule has 0 spiro atoms. The Hall–Kier alpha value is -2.29. The third-order valence-corrected chi connectivity index (χ3v) is 4.12. The molecule has 0 saturated carbocycles. The van der Waals surface area contributed by atoms with Crippen LogP contribution in [0.4, 0.5) is 0 Å². The highest BCUT2D eigenvalue weighted by molar-refractivity contribution is 6.02. The van der Waals surface area contributed by atoms with Crippen molar-refractivity contribution in [3.8, 4) is 0 Å². The van der Waals surface area contributed by atoms with Crippen molar-refractivity contribution in [2.75, 3.05) is 0 Å². The van der Waals surface area contributed by atoms with Crippen LogP contribution < -0.4 is 0 Å². The van der Waals surface area contributed by atoms with Gasteiger partial charge in [-0.25, -0.2) is 0 Å². The zero-order valence-electron chi connectivity index (χ0n) is 12.2. The Bertz CT molecular complexity index is 734. The molecule has 3 heteroatoms. The first-order valence-electron chi connectivity index (χ1n) is 7.14. The van der Waals surface area contributed by atoms with E-state index in [-0.39, 0.29) is 17.5 Å². The van der Waals surface area contributed by atoms with Crippen molar-refractivity contribution in [1.29, 1.82) is 0 Å². The lowest BCUT2D eigenvalue weighted by Crippen LogP contribution is -2.14. The molecule has 0 saturated heterocycles. The summed E-state index contributed by atoms with van der Waals surface area (Å²) in [5.41, 5.74) is 4.68. The number of aromatic nitrogens is 1. The van der Waals surface area contributed by atoms with Crippen LogP contribution in [0.2, 0.25) is 0 Å². The van der Waals surface area contributed by atoms with Crippen LogP contribution >= 0.6 is 0 Å². The van der Waals surface area contributed by atoms with E-state index < -0.39 is 0 Å². The predicted octanol–water partition coefficient (Wildman–Crippen LogP) is 3.19. The summed E-state index contributed by atoms with van der Waals surface area (Å²) in [6.45, 7) is 3.57. The van der Waals surface area contributed by atoms with Gasteiger partial charge in [0.1, 0.15) is 0 Å². The van der Waals surface area contributed by atoms with Crippen LogP contribution in [0.25, 0.3) is 0 Å². The van der Waals surface area contributed by atoms with Gasteiger partial charge in [0.2, 0.25) is 0 Å². The highest BCUT2D eigenvalue weighted by Gasteiger charge is 2.31. The molecule has 0 aliphatic heterocycles. The highest BCUT2D eigenvalue weighted by atomic mass is 16.1. The van der Waals surface area contributed by atoms with Crippen LogP contribution in [0.15, 0.2) is 36.7 Å². The van der Waals surface area contributed by atoms with Gasteiger partial charge >= 0.3 is 0 Å². The summed E-state index contributed by atoms with van der Waals surface area (Å²) < 4.78 is 0. The molecule has 2 aromatic rings. The molecule has 106 valence electrons. The van der Waals surface area contributed by atoms with Crippen LogP contribution in [0.5, 0.6) is 0 Å². The average molecular weight is 279 g/mol. The van der Waals surface area contributed by atoms with Crippen molar-refractivity contribution in [2.45, 2.75) is 26.7 Å². The Balaban J connectivity index is 1.88. The number of carbonyl (C=O) groups excluding carboxylic acids is 2. The van der Waals surface area contributed by atoms with Crippen LogP contribution in [0, 0.1) is 12.8 Å². The maximum Gasteiger partial charge on any atom is 0.166 e. The van der Waals surface area contributed by atoms with E-state index in [0.717, 1.165) is 23.1 Å². The second-order valence-corrected chi connectivity index (χ2v) is 5.72. The Morgan fingerprint density at radius 1 is 1.33 bits per heavy atom. The molecule has 0 radical (unpaired) electrons. The third-order valence-electron chi connectivity index (χ3n) is 4.12. The fourth-order valence-corrected chi connectivity index (χ4v) is 3.06. The first-order valence-corrected chi connectivity index (χ1v) is 7.14. The number of aryl methyl sites for hydroxylation is 1. The van der Waals surface area contributed by atoms with Crippen LogP contribution in [0.3, 0.4) is 0 Å². The van der Waals surface area contributed by atoms with E-state index in [0.29, 0.717) is 12.0 Å². The lowest BCUT2D eigenvalue weighted by molar-refractivity contribution is 0.0933. The first-order chi connectivity index (χ1) is 10.1. The number of rotatable bonds is 3. The molecule has 1 heterocycles. The maximum absolute atomic E-state index is 12.5. The van der Waals surface area contributed by atoms with E-state index in [4.69, 9.17) is 0 Å². The number of hydrogen-bond donors (Lipinski definition) is 0. The molecule has 3 nitrogen and oxygen atoms in total. The molecule has 21 heavy (non-hydrogen) atoms. The van der Waals surface area contributed by atoms with Crippen LogP contribution in [0.1, 0.15) is 44.3 Å². The highest BCUT2D eigenvalue weighted by Crippen LogP contribution is 2.30. The molecule has 1 aromatic carbocycles. The second-order valence-electron chi connectivity index (χ2n) is 5.72. The molecule has 0 fully saturated rings. The standard InChI is InChI=1S/C18H17NO2/c1-11-3-4-16-14(7-11)9-15(18(16)21)8-13-5-6-19-10-17(13)12(2)20/h3-7,10,15H,8-9H2,1-2H3. The van der Waals surface area contributed by atoms with Gasteiger partial charge in [0.15, 0.2) is 11.6 Å². The van der Waals surface area contributed by atoms with Crippen molar-refractivity contribution in [1.82, 2.24) is 4.98 Å². The Kier molecular flexibility index (Phi) is 3.42. The molecular weight excluding hydrogens is 262 g/mol. The number of pyridine rings is 1. The van der Waals surface area contributed by atoms with Gasteiger partial charge < -0.3 is 0 Å². The number of benzene rings is 1. The molecule has 1 aliphatic carbocycles. The Morgan fingerprint density at radius 3 is 2.90 bits per heavy atom. The summed E-state index contributed by atoms with van der Waals surface area (Å²) in [6.07, 6.45) is 4.63. The fourth-order valence-electron chi connectivity index (χ4n) is 3.06. The SMILES string of the molecule is CC(=O)c1cnccc1CC1Cc2cc(C)ccc2C1=O. The number of ketones is 2. The third kappa shape index (κ3) is 2.51. The largest absolute Gasteiger partial charge is 0.294 e. The van der Waals surface area contributed by atoms with E-state index in [2.05, 4.69) is 11.1 Å². The molecular formula is C18H17NO2. The lowest BCUT2D eigenvalue weighted by atomic mass is 9.93. The molecule has 1 aromatic heterocycles. The minimum Gasteiger partial charge on any atom is -0.294 e. The number of fused-ring (bicyclic) bond motifs is 1. The van der Waals surface area contributed by atoms with Crippen molar-refractivity contribution < 1.29 is 9.59 Å². The predicted molar refractivity (Wildman–Crippen MR) is 80.6 cm³/mol. The smallest absolute Gasteiger partial charge is 0.166 e. The van der Waals surface area contributed by atoms with Crippen molar-refractivity contribution in [2.24, 2.45) is 5.92 Å². The zero-order valence-corrected chi connectivity index (χ0v) is 12.2.